The van der Waals surface area contributed by atoms with E-state index in [1.807, 2.05) is 26.8 Å². The standard InChI is InChI=1S/C30H32NOPS/c1-30(2,3)34(32)31-29(28-22-14-13-21-27(28)24-15-7-4-8-16-24)23-33(25-17-9-5-10-18-25)26-19-11-6-12-20-26/h4-22,29,31H,23H2,1-3H3/t29-,34+/m0/s1. The Morgan fingerprint density at radius 3 is 1.71 bits per heavy atom. The molecule has 0 unspecified atom stereocenters. The molecule has 0 radical (unpaired) electrons. The van der Waals surface area contributed by atoms with Crippen molar-refractivity contribution >= 4 is 29.5 Å². The molecule has 0 heterocycles. The molecule has 4 rings (SSSR count). The Labute approximate surface area is 207 Å². The largest absolute Gasteiger partial charge is 0.242 e. The number of hydrogen-bond donors (Lipinski definition) is 1. The molecule has 0 amide bonds. The van der Waals surface area contributed by atoms with Crippen LogP contribution in [0.15, 0.2) is 115 Å². The molecular formula is C30H32NOPS. The first-order valence-electron chi connectivity index (χ1n) is 11.6. The van der Waals surface area contributed by atoms with E-state index in [4.69, 9.17) is 0 Å². The van der Waals surface area contributed by atoms with Gasteiger partial charge in [-0.25, -0.2) is 8.93 Å². The lowest BCUT2D eigenvalue weighted by atomic mass is 9.96. The summed E-state index contributed by atoms with van der Waals surface area (Å²) in [4.78, 5) is 0. The first-order valence-corrected chi connectivity index (χ1v) is 14.3. The van der Waals surface area contributed by atoms with Crippen LogP contribution in [-0.4, -0.2) is 15.1 Å². The van der Waals surface area contributed by atoms with Gasteiger partial charge in [-0.3, -0.25) is 0 Å². The molecule has 2 nitrogen and oxygen atoms in total. The highest BCUT2D eigenvalue weighted by molar-refractivity contribution is 7.84. The van der Waals surface area contributed by atoms with Crippen molar-refractivity contribution in [3.05, 3.63) is 121 Å². The molecule has 0 spiro atoms. The average Bonchev–Trinajstić information content (AvgIpc) is 2.87. The predicted molar refractivity (Wildman–Crippen MR) is 150 cm³/mol. The van der Waals surface area contributed by atoms with E-state index in [9.17, 15) is 4.21 Å². The van der Waals surface area contributed by atoms with Crippen molar-refractivity contribution in [2.75, 3.05) is 6.16 Å². The topological polar surface area (TPSA) is 29.1 Å². The van der Waals surface area contributed by atoms with Gasteiger partial charge >= 0.3 is 0 Å². The van der Waals surface area contributed by atoms with E-state index in [0.29, 0.717) is 0 Å². The molecule has 34 heavy (non-hydrogen) atoms. The van der Waals surface area contributed by atoms with E-state index in [1.54, 1.807) is 0 Å². The second kappa shape index (κ2) is 11.2. The maximum absolute atomic E-state index is 13.4. The van der Waals surface area contributed by atoms with Gasteiger partial charge in [-0.15, -0.1) is 0 Å². The van der Waals surface area contributed by atoms with Gasteiger partial charge in [0.15, 0.2) is 0 Å². The lowest BCUT2D eigenvalue weighted by molar-refractivity contribution is 0.618. The monoisotopic (exact) mass is 485 g/mol. The van der Waals surface area contributed by atoms with Crippen LogP contribution in [0.25, 0.3) is 11.1 Å². The van der Waals surface area contributed by atoms with Crippen LogP contribution in [0.1, 0.15) is 32.4 Å². The van der Waals surface area contributed by atoms with Gasteiger partial charge in [-0.2, -0.15) is 0 Å². The normalized spacial score (nSPS) is 13.5. The summed E-state index contributed by atoms with van der Waals surface area (Å²) in [5, 5.41) is 2.66. The molecule has 1 N–H and O–H groups in total. The highest BCUT2D eigenvalue weighted by Crippen LogP contribution is 2.40. The third-order valence-corrected chi connectivity index (χ3v) is 9.91. The summed E-state index contributed by atoms with van der Waals surface area (Å²) in [6.45, 7) is 6.06. The Kier molecular flexibility index (Phi) is 8.11. The van der Waals surface area contributed by atoms with Crippen molar-refractivity contribution in [3.63, 3.8) is 0 Å². The average molecular weight is 486 g/mol. The molecule has 4 aromatic rings. The number of hydrogen-bond acceptors (Lipinski definition) is 1. The molecule has 0 aliphatic carbocycles. The molecule has 2 atom stereocenters. The first kappa shape index (κ1) is 24.5. The molecule has 0 aromatic heterocycles. The zero-order valence-electron chi connectivity index (χ0n) is 20.0. The van der Waals surface area contributed by atoms with Crippen LogP contribution in [-0.2, 0) is 11.0 Å². The van der Waals surface area contributed by atoms with Crippen molar-refractivity contribution in [2.24, 2.45) is 0 Å². The van der Waals surface area contributed by atoms with Gasteiger partial charge in [0, 0.05) is 6.04 Å². The third kappa shape index (κ3) is 6.10. The summed E-state index contributed by atoms with van der Waals surface area (Å²) in [5.41, 5.74) is 3.54. The van der Waals surface area contributed by atoms with Crippen LogP contribution >= 0.6 is 7.92 Å². The lowest BCUT2D eigenvalue weighted by Crippen LogP contribution is -2.37. The zero-order chi connectivity index (χ0) is 24.0. The minimum Gasteiger partial charge on any atom is -0.242 e. The highest BCUT2D eigenvalue weighted by atomic mass is 32.2. The maximum Gasteiger partial charge on any atom is 0.0976 e. The molecular weight excluding hydrogens is 453 g/mol. The number of rotatable bonds is 8. The molecule has 0 saturated heterocycles. The van der Waals surface area contributed by atoms with Crippen LogP contribution in [0.4, 0.5) is 0 Å². The van der Waals surface area contributed by atoms with Crippen molar-refractivity contribution in [1.29, 1.82) is 0 Å². The van der Waals surface area contributed by atoms with Crippen LogP contribution in [0, 0.1) is 0 Å². The van der Waals surface area contributed by atoms with Gasteiger partial charge in [-0.1, -0.05) is 115 Å². The minimum atomic E-state index is -1.20. The van der Waals surface area contributed by atoms with Crippen LogP contribution in [0.3, 0.4) is 0 Å². The number of benzene rings is 4. The summed E-state index contributed by atoms with van der Waals surface area (Å²) in [7, 11) is -1.86. The van der Waals surface area contributed by atoms with Crippen molar-refractivity contribution in [3.8, 4) is 11.1 Å². The van der Waals surface area contributed by atoms with Crippen LogP contribution in [0.5, 0.6) is 0 Å². The van der Waals surface area contributed by atoms with E-state index >= 15 is 0 Å². The summed E-state index contributed by atoms with van der Waals surface area (Å²) >= 11 is 0. The van der Waals surface area contributed by atoms with Gasteiger partial charge in [-0.05, 0) is 62.2 Å². The summed E-state index contributed by atoms with van der Waals surface area (Å²) in [6, 6.07) is 40.4. The molecule has 0 aliphatic rings. The Morgan fingerprint density at radius 2 is 1.18 bits per heavy atom. The van der Waals surface area contributed by atoms with Gasteiger partial charge in [0.05, 0.1) is 15.7 Å². The lowest BCUT2D eigenvalue weighted by Gasteiger charge is -2.30. The Bertz CT molecular complexity index is 1170. The van der Waals surface area contributed by atoms with Crippen molar-refractivity contribution < 1.29 is 4.21 Å². The second-order valence-corrected chi connectivity index (χ2v) is 13.5. The smallest absolute Gasteiger partial charge is 0.0976 e. The third-order valence-electron chi connectivity index (χ3n) is 5.73. The molecule has 4 heteroatoms. The molecule has 174 valence electrons. The van der Waals surface area contributed by atoms with E-state index in [0.717, 1.165) is 6.16 Å². The fourth-order valence-electron chi connectivity index (χ4n) is 3.94. The highest BCUT2D eigenvalue weighted by Gasteiger charge is 2.28. The van der Waals surface area contributed by atoms with Crippen molar-refractivity contribution in [2.45, 2.75) is 31.6 Å². The molecule has 0 fully saturated rings. The van der Waals surface area contributed by atoms with Crippen LogP contribution in [0.2, 0.25) is 0 Å². The quantitative estimate of drug-likeness (QED) is 0.281. The molecule has 0 bridgehead atoms. The fraction of sp³-hybridized carbons (Fsp3) is 0.200. The van der Waals surface area contributed by atoms with E-state index in [-0.39, 0.29) is 10.8 Å². The molecule has 4 aromatic carbocycles. The Balaban J connectivity index is 1.80. The van der Waals surface area contributed by atoms with E-state index < -0.39 is 18.9 Å². The van der Waals surface area contributed by atoms with Gasteiger partial charge in [0.25, 0.3) is 0 Å². The van der Waals surface area contributed by atoms with E-state index in [2.05, 4.69) is 114 Å². The van der Waals surface area contributed by atoms with Gasteiger partial charge < -0.3 is 0 Å². The summed E-state index contributed by atoms with van der Waals surface area (Å²) in [5.74, 6) is 0. The zero-order valence-corrected chi connectivity index (χ0v) is 21.7. The van der Waals surface area contributed by atoms with Gasteiger partial charge in [0.2, 0.25) is 0 Å². The first-order chi connectivity index (χ1) is 16.4. The SMILES string of the molecule is CC(C)(C)[S@@](=O)N[C@@H](CP(c1ccccc1)c1ccccc1)c1ccccc1-c1ccccc1. The molecule has 0 aliphatic heterocycles. The van der Waals surface area contributed by atoms with Crippen LogP contribution < -0.4 is 15.3 Å². The van der Waals surface area contributed by atoms with Gasteiger partial charge in [0.1, 0.15) is 0 Å². The predicted octanol–water partition coefficient (Wildman–Crippen LogP) is 6.58. The second-order valence-electron chi connectivity index (χ2n) is 9.29. The number of nitrogens with one attached hydrogen (secondary N) is 1. The summed E-state index contributed by atoms with van der Waals surface area (Å²) in [6.07, 6.45) is 0.856. The van der Waals surface area contributed by atoms with E-state index in [1.165, 1.54) is 27.3 Å². The summed E-state index contributed by atoms with van der Waals surface area (Å²) < 4.78 is 16.5. The Morgan fingerprint density at radius 1 is 0.706 bits per heavy atom. The van der Waals surface area contributed by atoms with Crippen molar-refractivity contribution in [1.82, 2.24) is 4.72 Å². The maximum atomic E-state index is 13.4. The minimum absolute atomic E-state index is 0.0667. The molecule has 0 saturated carbocycles. The fourth-order valence-corrected chi connectivity index (χ4v) is 7.33. The Hall–Kier alpha value is -2.58.